The van der Waals surface area contributed by atoms with Crippen LogP contribution in [-0.2, 0) is 9.53 Å². The van der Waals surface area contributed by atoms with Crippen molar-refractivity contribution in [1.82, 2.24) is 16.0 Å². The summed E-state index contributed by atoms with van der Waals surface area (Å²) in [7, 11) is 0. The molecule has 18 heavy (non-hydrogen) atoms. The molecule has 3 N–H and O–H groups in total. The van der Waals surface area contributed by atoms with Crippen LogP contribution in [-0.4, -0.2) is 28.7 Å². The molecule has 6 nitrogen and oxygen atoms in total. The molecular weight excluding hydrogens is 349 g/mol. The van der Waals surface area contributed by atoms with Gasteiger partial charge in [-0.1, -0.05) is 22.6 Å². The highest BCUT2D eigenvalue weighted by Crippen LogP contribution is 2.12. The highest BCUT2D eigenvalue weighted by Gasteiger charge is 2.26. The Morgan fingerprint density at radius 3 is 2.94 bits per heavy atom. The molecule has 0 radical (unpaired) electrons. The standard InChI is InChI=1S/C11H14IN3O3/c1-6-2-8(12)14-9(3-6)15-11(17)18-5-7-4-10(16)13-7/h2-3,7-8,14H,4-5H2,1H3,(H,13,16)(H,15,17). The number of hydrogen-bond acceptors (Lipinski definition) is 4. The summed E-state index contributed by atoms with van der Waals surface area (Å²) in [6, 6.07) is -0.0458. The number of carbonyl (C=O) groups is 2. The molecule has 0 aromatic heterocycles. The van der Waals surface area contributed by atoms with Gasteiger partial charge in [0.2, 0.25) is 5.91 Å². The number of ether oxygens (including phenoxy) is 1. The molecular formula is C11H14IN3O3. The van der Waals surface area contributed by atoms with Gasteiger partial charge in [-0.25, -0.2) is 4.79 Å². The van der Waals surface area contributed by atoms with E-state index in [9.17, 15) is 9.59 Å². The molecule has 0 aromatic rings. The molecule has 2 atom stereocenters. The van der Waals surface area contributed by atoms with Crippen LogP contribution >= 0.6 is 22.6 Å². The fourth-order valence-electron chi connectivity index (χ4n) is 1.66. The van der Waals surface area contributed by atoms with Gasteiger partial charge >= 0.3 is 6.09 Å². The first-order chi connectivity index (χ1) is 8.52. The van der Waals surface area contributed by atoms with Crippen LogP contribution in [0.25, 0.3) is 0 Å². The van der Waals surface area contributed by atoms with Gasteiger partial charge < -0.3 is 15.4 Å². The van der Waals surface area contributed by atoms with Gasteiger partial charge in [0.15, 0.2) is 0 Å². The van der Waals surface area contributed by atoms with Crippen LogP contribution in [0.3, 0.4) is 0 Å². The lowest BCUT2D eigenvalue weighted by Gasteiger charge is -2.26. The molecule has 1 saturated heterocycles. The summed E-state index contributed by atoms with van der Waals surface area (Å²) < 4.78 is 5.15. The molecule has 0 aromatic carbocycles. The van der Waals surface area contributed by atoms with Crippen LogP contribution in [0, 0.1) is 0 Å². The highest BCUT2D eigenvalue weighted by atomic mass is 127. The first kappa shape index (κ1) is 13.2. The van der Waals surface area contributed by atoms with Crippen molar-refractivity contribution in [3.63, 3.8) is 0 Å². The zero-order chi connectivity index (χ0) is 13.1. The summed E-state index contributed by atoms with van der Waals surface area (Å²) in [5.41, 5.74) is 1.08. The molecule has 2 amide bonds. The molecule has 0 aliphatic carbocycles. The third-order valence-corrected chi connectivity index (χ3v) is 3.19. The number of hydrogen-bond donors (Lipinski definition) is 3. The Hall–Kier alpha value is -1.25. The summed E-state index contributed by atoms with van der Waals surface area (Å²) in [6.07, 6.45) is 3.78. The van der Waals surface area contributed by atoms with Gasteiger partial charge in [0.1, 0.15) is 12.4 Å². The van der Waals surface area contributed by atoms with Gasteiger partial charge in [0.25, 0.3) is 0 Å². The fraction of sp³-hybridized carbons (Fsp3) is 0.455. The second kappa shape index (κ2) is 5.59. The van der Waals surface area contributed by atoms with Crippen LogP contribution in [0.2, 0.25) is 0 Å². The van der Waals surface area contributed by atoms with Crippen molar-refractivity contribution in [3.8, 4) is 0 Å². The maximum atomic E-state index is 11.5. The van der Waals surface area contributed by atoms with E-state index in [-0.39, 0.29) is 22.6 Å². The quantitative estimate of drug-likeness (QED) is 0.299. The number of β-lactam (4-membered cyclic amide) rings is 1. The molecule has 2 aliphatic rings. The second-order valence-electron chi connectivity index (χ2n) is 4.21. The average molecular weight is 363 g/mol. The Morgan fingerprint density at radius 2 is 2.33 bits per heavy atom. The van der Waals surface area contributed by atoms with Crippen LogP contribution < -0.4 is 16.0 Å². The van der Waals surface area contributed by atoms with Crippen molar-refractivity contribution < 1.29 is 14.3 Å². The van der Waals surface area contributed by atoms with E-state index in [0.717, 1.165) is 5.57 Å². The molecule has 2 heterocycles. The monoisotopic (exact) mass is 363 g/mol. The topological polar surface area (TPSA) is 79.5 Å². The minimum absolute atomic E-state index is 0.00539. The molecule has 2 aliphatic heterocycles. The molecule has 0 saturated carbocycles. The van der Waals surface area contributed by atoms with Gasteiger partial charge in [0, 0.05) is 0 Å². The number of alkyl carbamates (subject to hydrolysis) is 1. The Morgan fingerprint density at radius 1 is 1.61 bits per heavy atom. The van der Waals surface area contributed by atoms with Crippen molar-refractivity contribution in [1.29, 1.82) is 0 Å². The molecule has 0 spiro atoms. The number of carbonyl (C=O) groups excluding carboxylic acids is 2. The minimum Gasteiger partial charge on any atom is -0.447 e. The molecule has 98 valence electrons. The van der Waals surface area contributed by atoms with E-state index in [1.807, 2.05) is 19.1 Å². The predicted octanol–water partition coefficient (Wildman–Crippen LogP) is 0.753. The van der Waals surface area contributed by atoms with E-state index < -0.39 is 6.09 Å². The zero-order valence-electron chi connectivity index (χ0n) is 9.83. The van der Waals surface area contributed by atoms with Crippen molar-refractivity contribution in [2.75, 3.05) is 6.61 Å². The maximum Gasteiger partial charge on any atom is 0.412 e. The van der Waals surface area contributed by atoms with Crippen molar-refractivity contribution in [2.24, 2.45) is 0 Å². The van der Waals surface area contributed by atoms with Gasteiger partial charge in [0.05, 0.1) is 16.5 Å². The lowest BCUT2D eigenvalue weighted by Crippen LogP contribution is -2.51. The smallest absolute Gasteiger partial charge is 0.412 e. The summed E-state index contributed by atoms with van der Waals surface area (Å²) >= 11 is 2.22. The predicted molar refractivity (Wildman–Crippen MR) is 73.8 cm³/mol. The van der Waals surface area contributed by atoms with E-state index in [2.05, 4.69) is 38.5 Å². The van der Waals surface area contributed by atoms with Crippen LogP contribution in [0.1, 0.15) is 13.3 Å². The molecule has 2 rings (SSSR count). The summed E-state index contributed by atoms with van der Waals surface area (Å²) in [4.78, 5) is 22.2. The number of nitrogens with one attached hydrogen (secondary N) is 3. The van der Waals surface area contributed by atoms with E-state index in [0.29, 0.717) is 12.2 Å². The van der Waals surface area contributed by atoms with Gasteiger partial charge in [-0.3, -0.25) is 10.1 Å². The SMILES string of the molecule is CC1=CC(I)NC(NC(=O)OCC2CC(=O)N2)=C1. The molecule has 0 bridgehead atoms. The van der Waals surface area contributed by atoms with Crippen molar-refractivity contribution in [2.45, 2.75) is 23.4 Å². The molecule has 1 fully saturated rings. The molecule has 2 unspecified atom stereocenters. The number of halogens is 1. The average Bonchev–Trinajstić information content (AvgIpc) is 2.21. The first-order valence-corrected chi connectivity index (χ1v) is 6.81. The lowest BCUT2D eigenvalue weighted by molar-refractivity contribution is -0.129. The summed E-state index contributed by atoms with van der Waals surface area (Å²) in [5.74, 6) is 0.617. The summed E-state index contributed by atoms with van der Waals surface area (Å²) in [5, 5.41) is 8.35. The van der Waals surface area contributed by atoms with Crippen molar-refractivity contribution >= 4 is 34.6 Å². The Balaban J connectivity index is 1.74. The van der Waals surface area contributed by atoms with Gasteiger partial charge in [-0.2, -0.15) is 0 Å². The number of dihydropyridines is 1. The van der Waals surface area contributed by atoms with Crippen molar-refractivity contribution in [3.05, 3.63) is 23.5 Å². The minimum atomic E-state index is -0.520. The number of allylic oxidation sites excluding steroid dienone is 2. The van der Waals surface area contributed by atoms with Crippen LogP contribution in [0.5, 0.6) is 0 Å². The van der Waals surface area contributed by atoms with E-state index in [1.54, 1.807) is 0 Å². The number of amides is 2. The second-order valence-corrected chi connectivity index (χ2v) is 5.55. The highest BCUT2D eigenvalue weighted by molar-refractivity contribution is 14.1. The lowest BCUT2D eigenvalue weighted by atomic mass is 10.1. The Kier molecular flexibility index (Phi) is 4.10. The van der Waals surface area contributed by atoms with E-state index in [1.165, 1.54) is 0 Å². The first-order valence-electron chi connectivity index (χ1n) is 5.57. The van der Waals surface area contributed by atoms with E-state index in [4.69, 9.17) is 4.74 Å². The zero-order valence-corrected chi connectivity index (χ0v) is 12.0. The normalized spacial score (nSPS) is 26.0. The number of alkyl halides is 1. The third-order valence-electron chi connectivity index (χ3n) is 2.52. The fourth-order valence-corrected chi connectivity index (χ4v) is 2.57. The largest absolute Gasteiger partial charge is 0.447 e. The van der Waals surface area contributed by atoms with E-state index >= 15 is 0 Å². The van der Waals surface area contributed by atoms with Gasteiger partial charge in [-0.15, -0.1) is 0 Å². The molecule has 7 heteroatoms. The Bertz CT molecular complexity index is 425. The number of rotatable bonds is 3. The van der Waals surface area contributed by atoms with Gasteiger partial charge in [-0.05, 0) is 24.6 Å². The Labute approximate surface area is 118 Å². The third kappa shape index (κ3) is 3.62. The maximum absolute atomic E-state index is 11.5. The van der Waals surface area contributed by atoms with Crippen LogP contribution in [0.15, 0.2) is 23.5 Å². The van der Waals surface area contributed by atoms with Crippen LogP contribution in [0.4, 0.5) is 4.79 Å². The summed E-state index contributed by atoms with van der Waals surface area (Å²) in [6.45, 7) is 2.16.